The first kappa shape index (κ1) is 15.3. The van der Waals surface area contributed by atoms with Crippen LogP contribution in [0.1, 0.15) is 31.0 Å². The van der Waals surface area contributed by atoms with Crippen molar-refractivity contribution in [2.24, 2.45) is 5.92 Å². The van der Waals surface area contributed by atoms with E-state index >= 15 is 0 Å². The van der Waals surface area contributed by atoms with Crippen LogP contribution in [-0.4, -0.2) is 21.6 Å². The molecule has 3 rings (SSSR count). The van der Waals surface area contributed by atoms with E-state index in [2.05, 4.69) is 0 Å². The molecule has 1 aromatic heterocycles. The first-order valence-corrected chi connectivity index (χ1v) is 7.87. The lowest BCUT2D eigenvalue weighted by atomic mass is 9.99. The average molecular weight is 309 g/mol. The van der Waals surface area contributed by atoms with Crippen molar-refractivity contribution in [2.45, 2.75) is 26.2 Å². The Morgan fingerprint density at radius 3 is 2.00 bits per heavy atom. The number of nitrogens with zero attached hydrogens (tertiary/aromatic N) is 1. The number of carbonyl (C=O) groups excluding carboxylic acids is 1. The van der Waals surface area contributed by atoms with E-state index in [9.17, 15) is 14.7 Å². The van der Waals surface area contributed by atoms with Crippen molar-refractivity contribution in [3.05, 3.63) is 48.5 Å². The molecule has 0 fully saturated rings. The maximum atomic E-state index is 12.8. The molecule has 4 nitrogen and oxygen atoms in total. The van der Waals surface area contributed by atoms with Crippen LogP contribution >= 0.6 is 0 Å². The summed E-state index contributed by atoms with van der Waals surface area (Å²) in [4.78, 5) is 24.2. The Hall–Kier alpha value is -2.62. The second kappa shape index (κ2) is 6.24. The van der Waals surface area contributed by atoms with Gasteiger partial charge in [-0.3, -0.25) is 14.2 Å². The molecule has 0 aliphatic heterocycles. The molecule has 1 atom stereocenters. The summed E-state index contributed by atoms with van der Waals surface area (Å²) < 4.78 is 1.66. The van der Waals surface area contributed by atoms with Gasteiger partial charge in [0.05, 0.1) is 17.0 Å². The third-order valence-electron chi connectivity index (χ3n) is 4.24. The lowest BCUT2D eigenvalue weighted by Crippen LogP contribution is -2.21. The maximum Gasteiger partial charge on any atom is 0.307 e. The largest absolute Gasteiger partial charge is 0.481 e. The number of para-hydroxylation sites is 2. The third kappa shape index (κ3) is 2.72. The summed E-state index contributed by atoms with van der Waals surface area (Å²) in [6.45, 7) is 1.93. The fourth-order valence-corrected chi connectivity index (χ4v) is 3.15. The number of benzene rings is 2. The Morgan fingerprint density at radius 2 is 1.52 bits per heavy atom. The molecule has 0 aliphatic carbocycles. The molecule has 118 valence electrons. The number of hydrogen-bond donors (Lipinski definition) is 1. The summed E-state index contributed by atoms with van der Waals surface area (Å²) in [5, 5.41) is 11.3. The summed E-state index contributed by atoms with van der Waals surface area (Å²) >= 11 is 0. The second-order valence-electron chi connectivity index (χ2n) is 5.79. The van der Waals surface area contributed by atoms with Crippen molar-refractivity contribution >= 4 is 33.7 Å². The van der Waals surface area contributed by atoms with Gasteiger partial charge < -0.3 is 5.11 Å². The van der Waals surface area contributed by atoms with Gasteiger partial charge in [-0.15, -0.1) is 0 Å². The predicted molar refractivity (Wildman–Crippen MR) is 90.7 cm³/mol. The van der Waals surface area contributed by atoms with Gasteiger partial charge in [-0.2, -0.15) is 0 Å². The summed E-state index contributed by atoms with van der Waals surface area (Å²) in [5.41, 5.74) is 1.67. The Morgan fingerprint density at radius 1 is 1.00 bits per heavy atom. The number of hydrogen-bond acceptors (Lipinski definition) is 2. The molecule has 2 aromatic carbocycles. The van der Waals surface area contributed by atoms with Gasteiger partial charge in [-0.1, -0.05) is 49.7 Å². The van der Waals surface area contributed by atoms with Crippen LogP contribution in [-0.2, 0) is 4.79 Å². The zero-order chi connectivity index (χ0) is 16.4. The molecule has 1 heterocycles. The van der Waals surface area contributed by atoms with Crippen LogP contribution in [0, 0.1) is 5.92 Å². The molecule has 23 heavy (non-hydrogen) atoms. The molecule has 4 heteroatoms. The third-order valence-corrected chi connectivity index (χ3v) is 4.24. The molecule has 0 saturated carbocycles. The minimum absolute atomic E-state index is 0.0197. The highest BCUT2D eigenvalue weighted by atomic mass is 16.4. The van der Waals surface area contributed by atoms with E-state index in [1.807, 2.05) is 55.5 Å². The quantitative estimate of drug-likeness (QED) is 0.763. The Balaban J connectivity index is 2.10. The molecule has 0 aliphatic rings. The van der Waals surface area contributed by atoms with Crippen LogP contribution in [0.4, 0.5) is 0 Å². The van der Waals surface area contributed by atoms with E-state index in [1.165, 1.54) is 0 Å². The molecule has 3 aromatic rings. The smallest absolute Gasteiger partial charge is 0.307 e. The van der Waals surface area contributed by atoms with Gasteiger partial charge in [0.25, 0.3) is 0 Å². The molecule has 0 spiro atoms. The Kier molecular flexibility index (Phi) is 4.15. The second-order valence-corrected chi connectivity index (χ2v) is 5.79. The van der Waals surface area contributed by atoms with Crippen LogP contribution in [0.25, 0.3) is 21.8 Å². The molecular formula is C19H19NO3. The lowest BCUT2D eigenvalue weighted by molar-refractivity contribution is -0.141. The molecule has 0 saturated heterocycles. The van der Waals surface area contributed by atoms with E-state index in [-0.39, 0.29) is 12.3 Å². The summed E-state index contributed by atoms with van der Waals surface area (Å²) in [6.07, 6.45) is 1.28. The van der Waals surface area contributed by atoms with Crippen LogP contribution in [0.3, 0.4) is 0 Å². The molecule has 0 bridgehead atoms. The van der Waals surface area contributed by atoms with Crippen molar-refractivity contribution < 1.29 is 14.7 Å². The lowest BCUT2D eigenvalue weighted by Gasteiger charge is -2.12. The minimum atomic E-state index is -0.902. The van der Waals surface area contributed by atoms with Crippen LogP contribution in [0.2, 0.25) is 0 Å². The predicted octanol–water partition coefficient (Wildman–Crippen LogP) is 4.33. The molecule has 0 amide bonds. The molecule has 1 N–H and O–H groups in total. The van der Waals surface area contributed by atoms with Crippen LogP contribution in [0.15, 0.2) is 48.5 Å². The highest BCUT2D eigenvalue weighted by Crippen LogP contribution is 2.29. The van der Waals surface area contributed by atoms with E-state index < -0.39 is 11.9 Å². The number of aromatic nitrogens is 1. The van der Waals surface area contributed by atoms with Gasteiger partial charge in [-0.05, 0) is 18.6 Å². The van der Waals surface area contributed by atoms with Crippen LogP contribution < -0.4 is 0 Å². The van der Waals surface area contributed by atoms with Gasteiger partial charge in [0.2, 0.25) is 5.91 Å². The fourth-order valence-electron chi connectivity index (χ4n) is 3.15. The van der Waals surface area contributed by atoms with Crippen molar-refractivity contribution in [2.75, 3.05) is 0 Å². The first-order chi connectivity index (χ1) is 11.1. The van der Waals surface area contributed by atoms with E-state index in [0.717, 1.165) is 28.2 Å². The van der Waals surface area contributed by atoms with Crippen molar-refractivity contribution in [1.29, 1.82) is 0 Å². The normalized spacial score (nSPS) is 12.6. The zero-order valence-electron chi connectivity index (χ0n) is 13.0. The number of aliphatic carboxylic acids is 1. The average Bonchev–Trinajstić information content (AvgIpc) is 2.89. The van der Waals surface area contributed by atoms with Crippen LogP contribution in [0.5, 0.6) is 0 Å². The van der Waals surface area contributed by atoms with E-state index in [1.54, 1.807) is 4.57 Å². The van der Waals surface area contributed by atoms with Crippen molar-refractivity contribution in [1.82, 2.24) is 4.57 Å². The van der Waals surface area contributed by atoms with Gasteiger partial charge in [0.15, 0.2) is 0 Å². The van der Waals surface area contributed by atoms with Gasteiger partial charge in [0, 0.05) is 17.2 Å². The zero-order valence-corrected chi connectivity index (χ0v) is 13.0. The fraction of sp³-hybridized carbons (Fsp3) is 0.263. The maximum absolute atomic E-state index is 12.8. The summed E-state index contributed by atoms with van der Waals surface area (Å²) in [6, 6.07) is 15.5. The van der Waals surface area contributed by atoms with Crippen molar-refractivity contribution in [3.63, 3.8) is 0 Å². The Bertz CT molecular complexity index is 825. The monoisotopic (exact) mass is 309 g/mol. The Labute approximate surface area is 134 Å². The van der Waals surface area contributed by atoms with Gasteiger partial charge in [-0.25, -0.2) is 0 Å². The topological polar surface area (TPSA) is 59.3 Å². The van der Waals surface area contributed by atoms with Crippen molar-refractivity contribution in [3.8, 4) is 0 Å². The number of carbonyl (C=O) groups is 2. The van der Waals surface area contributed by atoms with E-state index in [0.29, 0.717) is 6.42 Å². The van der Waals surface area contributed by atoms with Gasteiger partial charge >= 0.3 is 5.97 Å². The number of fused-ring (bicyclic) bond motifs is 3. The molecular weight excluding hydrogens is 290 g/mol. The summed E-state index contributed by atoms with van der Waals surface area (Å²) in [5.74, 6) is -1.70. The SMILES string of the molecule is CCC[C@H](CC(=O)n1c2ccccc2c2ccccc21)C(=O)O. The highest BCUT2D eigenvalue weighted by Gasteiger charge is 2.23. The van der Waals surface area contributed by atoms with E-state index in [4.69, 9.17) is 0 Å². The first-order valence-electron chi connectivity index (χ1n) is 7.87. The van der Waals surface area contributed by atoms with Gasteiger partial charge in [0.1, 0.15) is 0 Å². The summed E-state index contributed by atoms with van der Waals surface area (Å²) in [7, 11) is 0. The highest BCUT2D eigenvalue weighted by molar-refractivity contribution is 6.13. The number of carboxylic acids is 1. The minimum Gasteiger partial charge on any atom is -0.481 e. The molecule has 0 unspecified atom stereocenters. The standard InChI is InChI=1S/C19H19NO3/c1-2-7-13(19(22)23)12-18(21)20-16-10-5-3-8-14(16)15-9-4-6-11-17(15)20/h3-6,8-11,13H,2,7,12H2,1H3,(H,22,23)/t13-/m1/s1. The number of carboxylic acid groups (broad SMARTS) is 1. The number of rotatable bonds is 5. The molecule has 0 radical (unpaired) electrons.